The quantitative estimate of drug-likeness (QED) is 0.750. The Labute approximate surface area is 134 Å². The molecule has 3 rings (SSSR count). The third-order valence-corrected chi connectivity index (χ3v) is 3.94. The Bertz CT molecular complexity index is 817. The van der Waals surface area contributed by atoms with E-state index in [-0.39, 0.29) is 0 Å². The summed E-state index contributed by atoms with van der Waals surface area (Å²) in [5.41, 5.74) is 4.01. The van der Waals surface area contributed by atoms with Crippen LogP contribution in [0.4, 0.5) is 5.69 Å². The molecule has 4 heteroatoms. The van der Waals surface area contributed by atoms with E-state index < -0.39 is 0 Å². The molecule has 3 nitrogen and oxygen atoms in total. The molecular weight excluding hydrogens is 296 g/mol. The summed E-state index contributed by atoms with van der Waals surface area (Å²) in [6.07, 6.45) is 0. The van der Waals surface area contributed by atoms with Gasteiger partial charge in [-0.1, -0.05) is 29.8 Å². The van der Waals surface area contributed by atoms with E-state index in [0.29, 0.717) is 6.54 Å². The van der Waals surface area contributed by atoms with E-state index in [1.165, 1.54) is 0 Å². The van der Waals surface area contributed by atoms with E-state index in [1.807, 2.05) is 55.5 Å². The average Bonchev–Trinajstić information content (AvgIpc) is 2.53. The zero-order valence-electron chi connectivity index (χ0n) is 12.6. The number of methoxy groups -OCH3 is 1. The van der Waals surface area contributed by atoms with Gasteiger partial charge >= 0.3 is 0 Å². The Kier molecular flexibility index (Phi) is 4.16. The molecule has 0 atom stereocenters. The first kappa shape index (κ1) is 14.7. The lowest BCUT2D eigenvalue weighted by atomic mass is 10.1. The second kappa shape index (κ2) is 6.24. The van der Waals surface area contributed by atoms with E-state index in [0.717, 1.165) is 38.6 Å². The van der Waals surface area contributed by atoms with Gasteiger partial charge in [0, 0.05) is 28.3 Å². The number of aryl methyl sites for hydroxylation is 1. The van der Waals surface area contributed by atoms with Crippen molar-refractivity contribution >= 4 is 28.2 Å². The lowest BCUT2D eigenvalue weighted by molar-refractivity contribution is 0.415. The summed E-state index contributed by atoms with van der Waals surface area (Å²) >= 11 is 6.22. The van der Waals surface area contributed by atoms with Gasteiger partial charge in [-0.25, -0.2) is 0 Å². The number of ether oxygens (including phenoxy) is 1. The SMILES string of the molecule is COc1ccc2nc(C)cc(NCc3ccccc3Cl)c2c1. The van der Waals surface area contributed by atoms with Gasteiger partial charge in [-0.15, -0.1) is 0 Å². The van der Waals surface area contributed by atoms with Crippen molar-refractivity contribution in [1.29, 1.82) is 0 Å². The minimum atomic E-state index is 0.662. The first-order chi connectivity index (χ1) is 10.7. The smallest absolute Gasteiger partial charge is 0.119 e. The van der Waals surface area contributed by atoms with Gasteiger partial charge < -0.3 is 10.1 Å². The van der Waals surface area contributed by atoms with Crippen LogP contribution in [0, 0.1) is 6.92 Å². The number of rotatable bonds is 4. The number of hydrogen-bond acceptors (Lipinski definition) is 3. The van der Waals surface area contributed by atoms with Crippen molar-refractivity contribution in [3.63, 3.8) is 0 Å². The number of benzene rings is 2. The van der Waals surface area contributed by atoms with Gasteiger partial charge in [0.2, 0.25) is 0 Å². The van der Waals surface area contributed by atoms with Crippen LogP contribution >= 0.6 is 11.6 Å². The van der Waals surface area contributed by atoms with Gasteiger partial charge in [0.05, 0.1) is 12.6 Å². The van der Waals surface area contributed by atoms with Crippen LogP contribution in [0.2, 0.25) is 5.02 Å². The van der Waals surface area contributed by atoms with Gasteiger partial charge in [0.15, 0.2) is 0 Å². The Morgan fingerprint density at radius 3 is 2.73 bits per heavy atom. The van der Waals surface area contributed by atoms with Gasteiger partial charge in [-0.05, 0) is 42.8 Å². The summed E-state index contributed by atoms with van der Waals surface area (Å²) in [7, 11) is 1.67. The van der Waals surface area contributed by atoms with E-state index >= 15 is 0 Å². The zero-order valence-corrected chi connectivity index (χ0v) is 13.3. The highest BCUT2D eigenvalue weighted by molar-refractivity contribution is 6.31. The van der Waals surface area contributed by atoms with Gasteiger partial charge in [-0.2, -0.15) is 0 Å². The molecule has 0 bridgehead atoms. The van der Waals surface area contributed by atoms with Crippen molar-refractivity contribution in [3.8, 4) is 5.75 Å². The fourth-order valence-corrected chi connectivity index (χ4v) is 2.65. The highest BCUT2D eigenvalue weighted by Gasteiger charge is 2.06. The first-order valence-corrected chi connectivity index (χ1v) is 7.48. The Balaban J connectivity index is 1.97. The van der Waals surface area contributed by atoms with Crippen LogP contribution < -0.4 is 10.1 Å². The molecule has 112 valence electrons. The van der Waals surface area contributed by atoms with Gasteiger partial charge in [0.1, 0.15) is 5.75 Å². The van der Waals surface area contributed by atoms with Crippen LogP contribution in [0.3, 0.4) is 0 Å². The molecule has 0 saturated carbocycles. The molecule has 0 unspecified atom stereocenters. The third-order valence-electron chi connectivity index (χ3n) is 3.57. The second-order valence-corrected chi connectivity index (χ2v) is 5.55. The molecule has 0 aliphatic heterocycles. The number of fused-ring (bicyclic) bond motifs is 1. The number of hydrogen-bond donors (Lipinski definition) is 1. The maximum atomic E-state index is 6.22. The topological polar surface area (TPSA) is 34.1 Å². The Hall–Kier alpha value is -2.26. The molecule has 0 saturated heterocycles. The lowest BCUT2D eigenvalue weighted by Crippen LogP contribution is -2.02. The summed E-state index contributed by atoms with van der Waals surface area (Å²) < 4.78 is 5.31. The molecule has 0 fully saturated rings. The Morgan fingerprint density at radius 2 is 1.95 bits per heavy atom. The summed E-state index contributed by atoms with van der Waals surface area (Å²) in [6, 6.07) is 15.8. The van der Waals surface area contributed by atoms with Crippen LogP contribution in [0.1, 0.15) is 11.3 Å². The molecule has 0 aliphatic rings. The van der Waals surface area contributed by atoms with Crippen LogP contribution in [-0.2, 0) is 6.54 Å². The molecule has 0 radical (unpaired) electrons. The molecule has 0 spiro atoms. The minimum absolute atomic E-state index is 0.662. The van der Waals surface area contributed by atoms with Gasteiger partial charge in [-0.3, -0.25) is 4.98 Å². The molecule has 1 aromatic heterocycles. The number of halogens is 1. The highest BCUT2D eigenvalue weighted by atomic mass is 35.5. The van der Waals surface area contributed by atoms with Gasteiger partial charge in [0.25, 0.3) is 0 Å². The monoisotopic (exact) mass is 312 g/mol. The largest absolute Gasteiger partial charge is 0.497 e. The molecule has 3 aromatic rings. The third kappa shape index (κ3) is 3.00. The molecule has 22 heavy (non-hydrogen) atoms. The standard InChI is InChI=1S/C18H17ClN2O/c1-12-9-18(20-11-13-5-3-4-6-16(13)19)15-10-14(22-2)7-8-17(15)21-12/h3-10H,11H2,1-2H3,(H,20,21). The van der Waals surface area contributed by atoms with E-state index in [9.17, 15) is 0 Å². The van der Waals surface area contributed by atoms with Crippen molar-refractivity contribution in [3.05, 3.63) is 64.8 Å². The van der Waals surface area contributed by atoms with Crippen molar-refractivity contribution in [2.24, 2.45) is 0 Å². The number of nitrogens with one attached hydrogen (secondary N) is 1. The normalized spacial score (nSPS) is 10.7. The van der Waals surface area contributed by atoms with Crippen molar-refractivity contribution in [2.75, 3.05) is 12.4 Å². The lowest BCUT2D eigenvalue weighted by Gasteiger charge is -2.12. The van der Waals surface area contributed by atoms with Crippen molar-refractivity contribution < 1.29 is 4.74 Å². The molecule has 1 N–H and O–H groups in total. The fraction of sp³-hybridized carbons (Fsp3) is 0.167. The van der Waals surface area contributed by atoms with Crippen LogP contribution in [0.25, 0.3) is 10.9 Å². The predicted molar refractivity (Wildman–Crippen MR) is 91.8 cm³/mol. The highest BCUT2D eigenvalue weighted by Crippen LogP contribution is 2.28. The van der Waals surface area contributed by atoms with E-state index in [2.05, 4.69) is 10.3 Å². The Morgan fingerprint density at radius 1 is 1.14 bits per heavy atom. The minimum Gasteiger partial charge on any atom is -0.497 e. The summed E-state index contributed by atoms with van der Waals surface area (Å²) in [5.74, 6) is 0.818. The number of aromatic nitrogens is 1. The average molecular weight is 313 g/mol. The second-order valence-electron chi connectivity index (χ2n) is 5.14. The molecule has 1 heterocycles. The predicted octanol–water partition coefficient (Wildman–Crippen LogP) is 4.82. The summed E-state index contributed by atoms with van der Waals surface area (Å²) in [4.78, 5) is 4.56. The molecule has 0 aliphatic carbocycles. The maximum Gasteiger partial charge on any atom is 0.119 e. The number of pyridine rings is 1. The van der Waals surface area contributed by atoms with E-state index in [4.69, 9.17) is 16.3 Å². The molecule has 2 aromatic carbocycles. The van der Waals surface area contributed by atoms with Crippen LogP contribution in [0.15, 0.2) is 48.5 Å². The van der Waals surface area contributed by atoms with Crippen molar-refractivity contribution in [1.82, 2.24) is 4.98 Å². The summed E-state index contributed by atoms with van der Waals surface area (Å²) in [5, 5.41) is 5.26. The zero-order chi connectivity index (χ0) is 15.5. The maximum absolute atomic E-state index is 6.22. The van der Waals surface area contributed by atoms with Crippen molar-refractivity contribution in [2.45, 2.75) is 13.5 Å². The molecule has 0 amide bonds. The fourth-order valence-electron chi connectivity index (χ4n) is 2.44. The summed E-state index contributed by atoms with van der Waals surface area (Å²) in [6.45, 7) is 2.65. The van der Waals surface area contributed by atoms with Crippen LogP contribution in [0.5, 0.6) is 5.75 Å². The number of anilines is 1. The van der Waals surface area contributed by atoms with E-state index in [1.54, 1.807) is 7.11 Å². The van der Waals surface area contributed by atoms with Crippen LogP contribution in [-0.4, -0.2) is 12.1 Å². The first-order valence-electron chi connectivity index (χ1n) is 7.10. The number of nitrogens with zero attached hydrogens (tertiary/aromatic N) is 1. The molecular formula is C18H17ClN2O.